The van der Waals surface area contributed by atoms with Crippen LogP contribution in [0, 0.1) is 0 Å². The fourth-order valence-electron chi connectivity index (χ4n) is 5.00. The van der Waals surface area contributed by atoms with Gasteiger partial charge in [0.15, 0.2) is 0 Å². The van der Waals surface area contributed by atoms with Crippen LogP contribution in [-0.4, -0.2) is 29.0 Å². The number of unbranched alkanes of at least 4 members (excludes halogenated alkanes) is 17. The van der Waals surface area contributed by atoms with E-state index in [1.54, 1.807) is 12.4 Å². The van der Waals surface area contributed by atoms with E-state index in [4.69, 9.17) is 5.73 Å². The van der Waals surface area contributed by atoms with Gasteiger partial charge in [0.25, 0.3) is 0 Å². The van der Waals surface area contributed by atoms with Crippen molar-refractivity contribution in [2.75, 3.05) is 6.54 Å². The SMILES string of the molecule is CCCCCCCCCCCCCCCCCC/C=C/CCCC1=NC=C[N+]1(CC(=O)[O-])C(C)N. The number of hydrogen-bond acceptors (Lipinski definition) is 4. The van der Waals surface area contributed by atoms with E-state index in [2.05, 4.69) is 24.1 Å². The lowest BCUT2D eigenvalue weighted by atomic mass is 10.0. The molecule has 2 N–H and O–H groups in total. The molecule has 0 aromatic heterocycles. The Morgan fingerprint density at radius 1 is 0.857 bits per heavy atom. The van der Waals surface area contributed by atoms with Crippen molar-refractivity contribution in [3.05, 3.63) is 24.6 Å². The largest absolute Gasteiger partial charge is 0.544 e. The Morgan fingerprint density at radius 3 is 1.77 bits per heavy atom. The molecule has 35 heavy (non-hydrogen) atoms. The average molecular weight is 490 g/mol. The van der Waals surface area contributed by atoms with Gasteiger partial charge in [-0.15, -0.1) is 0 Å². The summed E-state index contributed by atoms with van der Waals surface area (Å²) >= 11 is 0. The van der Waals surface area contributed by atoms with Gasteiger partial charge < -0.3 is 9.90 Å². The average Bonchev–Trinajstić information content (AvgIpc) is 3.23. The van der Waals surface area contributed by atoms with Crippen LogP contribution in [0.5, 0.6) is 0 Å². The minimum atomic E-state index is -1.10. The number of nitrogens with zero attached hydrogens (tertiary/aromatic N) is 2. The van der Waals surface area contributed by atoms with Crippen LogP contribution in [0.25, 0.3) is 0 Å². The number of carboxylic acids is 1. The molecule has 1 aliphatic rings. The van der Waals surface area contributed by atoms with E-state index in [-0.39, 0.29) is 17.2 Å². The first-order valence-corrected chi connectivity index (χ1v) is 14.8. The molecule has 1 aliphatic heterocycles. The molecule has 5 heteroatoms. The van der Waals surface area contributed by atoms with Crippen LogP contribution in [0.2, 0.25) is 0 Å². The summed E-state index contributed by atoms with van der Waals surface area (Å²) in [7, 11) is 0. The van der Waals surface area contributed by atoms with E-state index >= 15 is 0 Å². The van der Waals surface area contributed by atoms with Crippen LogP contribution in [0.3, 0.4) is 0 Å². The number of aliphatic carboxylic acids is 1. The molecule has 0 radical (unpaired) electrons. The Hall–Kier alpha value is -1.46. The molecule has 5 nitrogen and oxygen atoms in total. The summed E-state index contributed by atoms with van der Waals surface area (Å²) in [5.74, 6) is -0.268. The Labute approximate surface area is 216 Å². The molecular formula is C30H55N3O2. The van der Waals surface area contributed by atoms with Gasteiger partial charge in [-0.05, 0) is 25.7 Å². The second-order valence-corrected chi connectivity index (χ2v) is 10.5. The van der Waals surface area contributed by atoms with Gasteiger partial charge in [0.1, 0.15) is 18.9 Å². The summed E-state index contributed by atoms with van der Waals surface area (Å²) in [5.41, 5.74) is 6.09. The predicted octanol–water partition coefficient (Wildman–Crippen LogP) is 7.12. The van der Waals surface area contributed by atoms with Crippen molar-refractivity contribution in [3.63, 3.8) is 0 Å². The summed E-state index contributed by atoms with van der Waals surface area (Å²) in [6.07, 6.45) is 34.0. The second kappa shape index (κ2) is 20.7. The standard InChI is InChI=1S/C30H55N3O2/c1-3-4-5-6-7-8-9-10-11-12-13-14-15-16-17-18-19-20-21-22-23-24-29-32-25-26-33(29,28(2)31)27-30(34)35/h20-21,25-26,28H,3-19,22-24,27,31H2,1-2H3/b21-20+. The van der Waals surface area contributed by atoms with Crippen molar-refractivity contribution < 1.29 is 14.4 Å². The van der Waals surface area contributed by atoms with E-state index in [1.165, 1.54) is 103 Å². The maximum absolute atomic E-state index is 11.2. The zero-order valence-corrected chi connectivity index (χ0v) is 23.0. The smallest absolute Gasteiger partial charge is 0.209 e. The van der Waals surface area contributed by atoms with Gasteiger partial charge in [-0.2, -0.15) is 0 Å². The molecule has 2 unspecified atom stereocenters. The maximum atomic E-state index is 11.2. The van der Waals surface area contributed by atoms with Crippen molar-refractivity contribution >= 4 is 11.8 Å². The molecule has 2 atom stereocenters. The van der Waals surface area contributed by atoms with Crippen molar-refractivity contribution in [2.24, 2.45) is 10.7 Å². The van der Waals surface area contributed by atoms with Crippen molar-refractivity contribution in [1.82, 2.24) is 0 Å². The highest BCUT2D eigenvalue weighted by Crippen LogP contribution is 2.23. The quantitative estimate of drug-likeness (QED) is 0.0890. The molecule has 0 aromatic carbocycles. The summed E-state index contributed by atoms with van der Waals surface area (Å²) in [6.45, 7) is 3.96. The first-order valence-electron chi connectivity index (χ1n) is 14.8. The topological polar surface area (TPSA) is 78.5 Å². The summed E-state index contributed by atoms with van der Waals surface area (Å²) in [5, 5.41) is 11.2. The highest BCUT2D eigenvalue weighted by molar-refractivity contribution is 5.81. The number of rotatable bonds is 24. The monoisotopic (exact) mass is 489 g/mol. The second-order valence-electron chi connectivity index (χ2n) is 10.5. The van der Waals surface area contributed by atoms with Gasteiger partial charge in [-0.1, -0.05) is 115 Å². The number of quaternary nitrogens is 1. The third-order valence-electron chi connectivity index (χ3n) is 7.32. The number of carboxylic acid groups (broad SMARTS) is 1. The van der Waals surface area contributed by atoms with Gasteiger partial charge >= 0.3 is 0 Å². The van der Waals surface area contributed by atoms with Crippen molar-refractivity contribution in [2.45, 2.75) is 148 Å². The number of carbonyl (C=O) groups excluding carboxylic acids is 1. The van der Waals surface area contributed by atoms with Crippen molar-refractivity contribution in [3.8, 4) is 0 Å². The Kier molecular flexibility index (Phi) is 18.7. The van der Waals surface area contributed by atoms with Gasteiger partial charge in [-0.3, -0.25) is 5.73 Å². The lowest BCUT2D eigenvalue weighted by Crippen LogP contribution is -2.60. The third-order valence-corrected chi connectivity index (χ3v) is 7.32. The number of amidine groups is 1. The fourth-order valence-corrected chi connectivity index (χ4v) is 5.00. The Bertz CT molecular complexity index is 627. The highest BCUT2D eigenvalue weighted by atomic mass is 16.4. The van der Waals surface area contributed by atoms with E-state index in [0.29, 0.717) is 0 Å². The molecule has 202 valence electrons. The van der Waals surface area contributed by atoms with Crippen LogP contribution in [0.4, 0.5) is 0 Å². The Balaban J connectivity index is 1.91. The number of carbonyl (C=O) groups is 1. The molecule has 0 saturated heterocycles. The maximum Gasteiger partial charge on any atom is 0.209 e. The Morgan fingerprint density at radius 2 is 1.31 bits per heavy atom. The molecule has 1 heterocycles. The first kappa shape index (κ1) is 31.6. The van der Waals surface area contributed by atoms with Crippen LogP contribution < -0.4 is 10.8 Å². The summed E-state index contributed by atoms with van der Waals surface area (Å²) in [4.78, 5) is 15.6. The summed E-state index contributed by atoms with van der Waals surface area (Å²) < 4.78 is 0.0885. The number of nitrogens with two attached hydrogens (primary N) is 1. The molecule has 0 bridgehead atoms. The van der Waals surface area contributed by atoms with E-state index in [9.17, 15) is 9.90 Å². The molecular weight excluding hydrogens is 434 g/mol. The van der Waals surface area contributed by atoms with Gasteiger partial charge in [-0.25, -0.2) is 9.48 Å². The van der Waals surface area contributed by atoms with Gasteiger partial charge in [0.05, 0.1) is 12.2 Å². The number of hydrogen-bond donors (Lipinski definition) is 1. The number of aliphatic imine (C=N–C) groups is 1. The highest BCUT2D eigenvalue weighted by Gasteiger charge is 2.38. The minimum Gasteiger partial charge on any atom is -0.544 e. The van der Waals surface area contributed by atoms with Crippen LogP contribution in [-0.2, 0) is 4.79 Å². The number of allylic oxidation sites excluding steroid dienone is 2. The van der Waals surface area contributed by atoms with E-state index in [0.717, 1.165) is 31.5 Å². The summed E-state index contributed by atoms with van der Waals surface area (Å²) in [6, 6.07) is 0. The first-order chi connectivity index (χ1) is 17.0. The zero-order valence-electron chi connectivity index (χ0n) is 23.0. The molecule has 1 rings (SSSR count). The molecule has 0 spiro atoms. The fraction of sp³-hybridized carbons (Fsp3) is 0.800. The lowest BCUT2D eigenvalue weighted by Gasteiger charge is -2.36. The normalized spacial score (nSPS) is 18.4. The molecule has 0 aromatic rings. The van der Waals surface area contributed by atoms with E-state index < -0.39 is 5.97 Å². The van der Waals surface area contributed by atoms with E-state index in [1.807, 2.05) is 6.92 Å². The van der Waals surface area contributed by atoms with Crippen LogP contribution in [0.15, 0.2) is 29.5 Å². The van der Waals surface area contributed by atoms with Gasteiger partial charge in [0, 0.05) is 13.3 Å². The molecule has 0 amide bonds. The van der Waals surface area contributed by atoms with Gasteiger partial charge in [0.2, 0.25) is 5.84 Å². The van der Waals surface area contributed by atoms with Crippen LogP contribution in [0.1, 0.15) is 142 Å². The van der Waals surface area contributed by atoms with Crippen molar-refractivity contribution in [1.29, 1.82) is 0 Å². The molecule has 0 fully saturated rings. The lowest BCUT2D eigenvalue weighted by molar-refractivity contribution is -0.808. The minimum absolute atomic E-state index is 0.0885. The molecule has 0 aliphatic carbocycles. The third kappa shape index (κ3) is 14.6. The molecule has 0 saturated carbocycles. The van der Waals surface area contributed by atoms with Crippen LogP contribution >= 0.6 is 0 Å². The zero-order chi connectivity index (χ0) is 25.6. The predicted molar refractivity (Wildman–Crippen MR) is 148 cm³/mol.